The van der Waals surface area contributed by atoms with E-state index in [1.165, 1.54) is 18.3 Å². The molecular formula is C23H25FN4O2. The van der Waals surface area contributed by atoms with Crippen LogP contribution in [-0.2, 0) is 11.3 Å². The van der Waals surface area contributed by atoms with Crippen molar-refractivity contribution in [2.75, 3.05) is 19.6 Å². The van der Waals surface area contributed by atoms with Crippen molar-refractivity contribution in [3.05, 3.63) is 71.6 Å². The van der Waals surface area contributed by atoms with Gasteiger partial charge in [-0.1, -0.05) is 24.3 Å². The van der Waals surface area contributed by atoms with Crippen LogP contribution in [0.15, 0.2) is 48.8 Å². The van der Waals surface area contributed by atoms with E-state index >= 15 is 0 Å². The number of halogens is 1. The van der Waals surface area contributed by atoms with Crippen LogP contribution in [0.5, 0.6) is 0 Å². The zero-order valence-electron chi connectivity index (χ0n) is 17.1. The van der Waals surface area contributed by atoms with Gasteiger partial charge < -0.3 is 9.80 Å². The second kappa shape index (κ2) is 8.34. The van der Waals surface area contributed by atoms with Crippen molar-refractivity contribution < 1.29 is 14.0 Å². The quantitative estimate of drug-likeness (QED) is 0.732. The number of carbonyl (C=O) groups is 2. The molecule has 3 heterocycles. The van der Waals surface area contributed by atoms with Crippen LogP contribution >= 0.6 is 0 Å². The lowest BCUT2D eigenvalue weighted by atomic mass is 9.76. The van der Waals surface area contributed by atoms with Crippen molar-refractivity contribution in [3.8, 4) is 0 Å². The Morgan fingerprint density at radius 3 is 2.70 bits per heavy atom. The van der Waals surface area contributed by atoms with E-state index in [-0.39, 0.29) is 17.6 Å². The Morgan fingerprint density at radius 1 is 1.17 bits per heavy atom. The first kappa shape index (κ1) is 20.2. The fourth-order valence-corrected chi connectivity index (χ4v) is 4.27. The Morgan fingerprint density at radius 2 is 1.97 bits per heavy atom. The van der Waals surface area contributed by atoms with Crippen molar-refractivity contribution in [1.82, 2.24) is 19.8 Å². The molecule has 1 aromatic carbocycles. The molecule has 1 aromatic heterocycles. The highest BCUT2D eigenvalue weighted by Gasteiger charge is 2.45. The van der Waals surface area contributed by atoms with Crippen molar-refractivity contribution in [2.45, 2.75) is 32.7 Å². The fraction of sp³-hybridized carbons (Fsp3) is 0.391. The summed E-state index contributed by atoms with van der Waals surface area (Å²) in [5.41, 5.74) is 1.30. The smallest absolute Gasteiger partial charge is 0.274 e. The average Bonchev–Trinajstić information content (AvgIpc) is 2.90. The Hall–Kier alpha value is -3.09. The molecule has 0 saturated carbocycles. The molecule has 0 bridgehead atoms. The van der Waals surface area contributed by atoms with Crippen LogP contribution in [0.2, 0.25) is 0 Å². The largest absolute Gasteiger partial charge is 0.336 e. The third kappa shape index (κ3) is 4.10. The highest BCUT2D eigenvalue weighted by molar-refractivity contribution is 5.93. The van der Waals surface area contributed by atoms with Gasteiger partial charge in [-0.15, -0.1) is 0 Å². The van der Waals surface area contributed by atoms with E-state index in [0.717, 1.165) is 24.1 Å². The van der Waals surface area contributed by atoms with E-state index in [9.17, 15) is 14.0 Å². The van der Waals surface area contributed by atoms with Gasteiger partial charge in [0, 0.05) is 32.4 Å². The Bertz CT molecular complexity index is 958. The second-order valence-electron chi connectivity index (χ2n) is 8.14. The van der Waals surface area contributed by atoms with Gasteiger partial charge in [0.2, 0.25) is 5.91 Å². The van der Waals surface area contributed by atoms with Crippen LogP contribution < -0.4 is 0 Å². The first-order valence-corrected chi connectivity index (χ1v) is 10.2. The average molecular weight is 408 g/mol. The molecule has 0 N–H and O–H groups in total. The van der Waals surface area contributed by atoms with Gasteiger partial charge >= 0.3 is 0 Å². The monoisotopic (exact) mass is 408 g/mol. The van der Waals surface area contributed by atoms with Gasteiger partial charge in [0.1, 0.15) is 11.5 Å². The summed E-state index contributed by atoms with van der Waals surface area (Å²) in [5, 5.41) is 0. The minimum absolute atomic E-state index is 0.0457. The number of aryl methyl sites for hydroxylation is 1. The Balaban J connectivity index is 1.54. The molecule has 2 aliphatic rings. The highest BCUT2D eigenvalue weighted by atomic mass is 19.1. The maximum Gasteiger partial charge on any atom is 0.274 e. The third-order valence-electron chi connectivity index (χ3n) is 5.89. The number of allylic oxidation sites excluding steroid dienone is 1. The number of likely N-dealkylation sites (tertiary alicyclic amines) is 1. The number of hydrogen-bond donors (Lipinski definition) is 0. The number of nitrogens with zero attached hydrogens (tertiary/aromatic N) is 4. The lowest BCUT2D eigenvalue weighted by molar-refractivity contribution is -0.144. The van der Waals surface area contributed by atoms with E-state index < -0.39 is 5.41 Å². The van der Waals surface area contributed by atoms with Gasteiger partial charge in [-0.25, -0.2) is 9.37 Å². The maximum atomic E-state index is 13.6. The number of aromatic nitrogens is 2. The van der Waals surface area contributed by atoms with Crippen LogP contribution in [0, 0.1) is 18.2 Å². The Kier molecular flexibility index (Phi) is 5.61. The van der Waals surface area contributed by atoms with Gasteiger partial charge in [0.25, 0.3) is 5.91 Å². The van der Waals surface area contributed by atoms with E-state index in [2.05, 4.69) is 9.97 Å². The van der Waals surface area contributed by atoms with Gasteiger partial charge in [0.15, 0.2) is 0 Å². The zero-order valence-corrected chi connectivity index (χ0v) is 17.1. The van der Waals surface area contributed by atoms with Crippen molar-refractivity contribution >= 4 is 11.8 Å². The first-order chi connectivity index (χ1) is 14.5. The van der Waals surface area contributed by atoms with Crippen LogP contribution in [-0.4, -0.2) is 51.2 Å². The number of carbonyl (C=O) groups excluding carboxylic acids is 2. The second-order valence-corrected chi connectivity index (χ2v) is 8.14. The van der Waals surface area contributed by atoms with E-state index in [1.807, 2.05) is 19.1 Å². The molecular weight excluding hydrogens is 383 g/mol. The minimum atomic E-state index is -0.640. The molecule has 2 aliphatic heterocycles. The SMILES string of the molecule is Cc1cnc(C(=O)N2CCC[C@@]3(CC=CCN(Cc4ccc(F)cc4)C3=O)C2)cn1. The molecule has 156 valence electrons. The molecule has 1 fully saturated rings. The van der Waals surface area contributed by atoms with Gasteiger partial charge in [-0.05, 0) is 43.9 Å². The van der Waals surface area contributed by atoms with Crippen molar-refractivity contribution in [1.29, 1.82) is 0 Å². The fourth-order valence-electron chi connectivity index (χ4n) is 4.27. The summed E-state index contributed by atoms with van der Waals surface area (Å²) >= 11 is 0. The summed E-state index contributed by atoms with van der Waals surface area (Å²) in [6, 6.07) is 6.23. The molecule has 1 atom stereocenters. The van der Waals surface area contributed by atoms with Crippen LogP contribution in [0.1, 0.15) is 41.0 Å². The molecule has 0 unspecified atom stereocenters. The third-order valence-corrected chi connectivity index (χ3v) is 5.89. The molecule has 0 radical (unpaired) electrons. The molecule has 6 nitrogen and oxygen atoms in total. The summed E-state index contributed by atoms with van der Waals surface area (Å²) in [6.07, 6.45) is 9.22. The number of amides is 2. The van der Waals surface area contributed by atoms with Gasteiger partial charge in [-0.2, -0.15) is 0 Å². The number of hydrogen-bond acceptors (Lipinski definition) is 4. The summed E-state index contributed by atoms with van der Waals surface area (Å²) in [5.74, 6) is -0.435. The standard InChI is InChI=1S/C23H25FN4O2/c1-17-13-26-20(14-25-17)21(29)28-12-4-10-23(16-28)9-2-3-11-27(22(23)30)15-18-5-7-19(24)8-6-18/h2-3,5-8,13-14H,4,9-12,15-16H2,1H3/t23-/m0/s1. The number of piperidine rings is 1. The van der Waals surface area contributed by atoms with Crippen molar-refractivity contribution in [3.63, 3.8) is 0 Å². The molecule has 7 heteroatoms. The van der Waals surface area contributed by atoms with Crippen LogP contribution in [0.3, 0.4) is 0 Å². The molecule has 4 rings (SSSR count). The van der Waals surface area contributed by atoms with E-state index in [0.29, 0.717) is 38.3 Å². The summed E-state index contributed by atoms with van der Waals surface area (Å²) < 4.78 is 13.2. The predicted molar refractivity (Wildman–Crippen MR) is 110 cm³/mol. The number of benzene rings is 1. The lowest BCUT2D eigenvalue weighted by Gasteiger charge is -2.42. The summed E-state index contributed by atoms with van der Waals surface area (Å²) in [4.78, 5) is 38.5. The zero-order chi connectivity index (χ0) is 21.1. The van der Waals surface area contributed by atoms with E-state index in [4.69, 9.17) is 0 Å². The molecule has 0 aliphatic carbocycles. The van der Waals surface area contributed by atoms with Crippen LogP contribution in [0.4, 0.5) is 4.39 Å². The van der Waals surface area contributed by atoms with Crippen LogP contribution in [0.25, 0.3) is 0 Å². The molecule has 1 spiro atoms. The molecule has 30 heavy (non-hydrogen) atoms. The van der Waals surface area contributed by atoms with E-state index in [1.54, 1.807) is 28.1 Å². The lowest BCUT2D eigenvalue weighted by Crippen LogP contribution is -2.53. The van der Waals surface area contributed by atoms with Gasteiger partial charge in [-0.3, -0.25) is 14.6 Å². The summed E-state index contributed by atoms with van der Waals surface area (Å²) in [6.45, 7) is 3.72. The van der Waals surface area contributed by atoms with Crippen molar-refractivity contribution in [2.24, 2.45) is 5.41 Å². The maximum absolute atomic E-state index is 13.6. The predicted octanol–water partition coefficient (Wildman–Crippen LogP) is 3.14. The molecule has 1 saturated heterocycles. The Labute approximate surface area is 175 Å². The number of rotatable bonds is 3. The highest BCUT2D eigenvalue weighted by Crippen LogP contribution is 2.38. The minimum Gasteiger partial charge on any atom is -0.336 e. The van der Waals surface area contributed by atoms with Gasteiger partial charge in [0.05, 0.1) is 17.3 Å². The topological polar surface area (TPSA) is 66.4 Å². The first-order valence-electron chi connectivity index (χ1n) is 10.2. The molecule has 2 aromatic rings. The summed E-state index contributed by atoms with van der Waals surface area (Å²) in [7, 11) is 0. The normalized spacial score (nSPS) is 21.7. The molecule has 2 amide bonds.